The number of likely N-dealkylation sites (N-methyl/N-ethyl adjacent to an activating group) is 1. The maximum Gasteiger partial charge on any atom is 0.101 e. The Bertz CT molecular complexity index is 106. The molecular formula is C11H29ClN2O. The van der Waals surface area contributed by atoms with Gasteiger partial charge < -0.3 is 26.9 Å². The Balaban J connectivity index is -0.000000180. The molecule has 0 aliphatic carbocycles. The first kappa shape index (κ1) is 20.6. The molecule has 96 valence electrons. The van der Waals surface area contributed by atoms with Crippen molar-refractivity contribution in [3.05, 3.63) is 0 Å². The molecule has 0 aliphatic rings. The minimum atomic E-state index is 0. The normalized spacial score (nSPS) is 10.4. The molecular weight excluding hydrogens is 212 g/mol. The van der Waals surface area contributed by atoms with Crippen LogP contribution in [-0.4, -0.2) is 68.4 Å². The predicted octanol–water partition coefficient (Wildman–Crippen LogP) is -1.96. The quantitative estimate of drug-likeness (QED) is 0.564. The molecule has 0 spiro atoms. The van der Waals surface area contributed by atoms with E-state index in [1.165, 1.54) is 19.6 Å². The minimum Gasteiger partial charge on any atom is -1.00 e. The third-order valence-electron chi connectivity index (χ3n) is 2.11. The molecule has 15 heavy (non-hydrogen) atoms. The molecule has 0 aliphatic heterocycles. The van der Waals surface area contributed by atoms with Crippen LogP contribution < -0.4 is 12.4 Å². The molecule has 0 radical (unpaired) electrons. The molecule has 0 aromatic carbocycles. The Morgan fingerprint density at radius 1 is 0.933 bits per heavy atom. The van der Waals surface area contributed by atoms with E-state index in [-0.39, 0.29) is 19.0 Å². The van der Waals surface area contributed by atoms with Crippen LogP contribution >= 0.6 is 0 Å². The van der Waals surface area contributed by atoms with Crippen LogP contribution in [0.1, 0.15) is 20.8 Å². The highest BCUT2D eigenvalue weighted by Gasteiger charge is 2.02. The van der Waals surface area contributed by atoms with Gasteiger partial charge in [-0.1, -0.05) is 20.8 Å². The van der Waals surface area contributed by atoms with Gasteiger partial charge in [0.2, 0.25) is 0 Å². The van der Waals surface area contributed by atoms with Crippen molar-refractivity contribution >= 4 is 0 Å². The Kier molecular flexibility index (Phi) is 16.8. The zero-order chi connectivity index (χ0) is 11.6. The number of hydrogen-bond acceptors (Lipinski definition) is 2. The topological polar surface area (TPSA) is 23.5 Å². The van der Waals surface area contributed by atoms with Crippen LogP contribution in [-0.2, 0) is 0 Å². The molecule has 0 amide bonds. The van der Waals surface area contributed by atoms with Gasteiger partial charge in [-0.25, -0.2) is 0 Å². The average molecular weight is 241 g/mol. The third-order valence-corrected chi connectivity index (χ3v) is 2.11. The summed E-state index contributed by atoms with van der Waals surface area (Å²) < 4.78 is 0.844. The number of quaternary nitrogens is 1. The number of aliphatic hydroxyl groups is 1. The third kappa shape index (κ3) is 20.3. The summed E-state index contributed by atoms with van der Waals surface area (Å²) in [4.78, 5) is 2.38. The molecule has 3 nitrogen and oxygen atoms in total. The SMILES string of the molecule is CCN(CC)CC.C[N+](C)(C)CCO.[Cl-]. The molecule has 0 saturated heterocycles. The number of rotatable bonds is 5. The highest BCUT2D eigenvalue weighted by molar-refractivity contribution is 4.43. The van der Waals surface area contributed by atoms with Crippen molar-refractivity contribution in [2.24, 2.45) is 0 Å². The van der Waals surface area contributed by atoms with E-state index >= 15 is 0 Å². The van der Waals surface area contributed by atoms with Gasteiger partial charge in [-0.05, 0) is 19.6 Å². The van der Waals surface area contributed by atoms with E-state index in [1.54, 1.807) is 0 Å². The molecule has 0 bridgehead atoms. The summed E-state index contributed by atoms with van der Waals surface area (Å²) in [6.07, 6.45) is 0. The lowest BCUT2D eigenvalue weighted by Gasteiger charge is -2.21. The lowest BCUT2D eigenvalue weighted by atomic mass is 10.5. The molecule has 4 heteroatoms. The summed E-state index contributed by atoms with van der Waals surface area (Å²) >= 11 is 0. The van der Waals surface area contributed by atoms with E-state index in [0.29, 0.717) is 0 Å². The van der Waals surface area contributed by atoms with Gasteiger partial charge >= 0.3 is 0 Å². The second kappa shape index (κ2) is 12.2. The fraction of sp³-hybridized carbons (Fsp3) is 1.00. The van der Waals surface area contributed by atoms with Crippen LogP contribution in [0, 0.1) is 0 Å². The predicted molar refractivity (Wildman–Crippen MR) is 63.4 cm³/mol. The van der Waals surface area contributed by atoms with Crippen LogP contribution in [0.5, 0.6) is 0 Å². The van der Waals surface area contributed by atoms with E-state index in [1.807, 2.05) is 0 Å². The largest absolute Gasteiger partial charge is 1.00 e. The van der Waals surface area contributed by atoms with E-state index < -0.39 is 0 Å². The molecule has 0 atom stereocenters. The number of aliphatic hydroxyl groups excluding tert-OH is 1. The molecule has 0 aromatic heterocycles. The summed E-state index contributed by atoms with van der Waals surface area (Å²) in [7, 11) is 6.16. The van der Waals surface area contributed by atoms with Gasteiger partial charge in [0.15, 0.2) is 0 Å². The van der Waals surface area contributed by atoms with Crippen molar-refractivity contribution in [3.8, 4) is 0 Å². The van der Waals surface area contributed by atoms with Crippen molar-refractivity contribution in [1.29, 1.82) is 0 Å². The van der Waals surface area contributed by atoms with Gasteiger partial charge in [-0.3, -0.25) is 0 Å². The van der Waals surface area contributed by atoms with Crippen LogP contribution in [0.4, 0.5) is 0 Å². The monoisotopic (exact) mass is 240 g/mol. The zero-order valence-electron chi connectivity index (χ0n) is 11.3. The van der Waals surface area contributed by atoms with Gasteiger partial charge in [-0.2, -0.15) is 0 Å². The lowest BCUT2D eigenvalue weighted by Crippen LogP contribution is -3.00. The number of hydrogen-bond donors (Lipinski definition) is 1. The first-order chi connectivity index (χ1) is 6.41. The summed E-state index contributed by atoms with van der Waals surface area (Å²) in [6, 6.07) is 0. The van der Waals surface area contributed by atoms with Crippen molar-refractivity contribution in [1.82, 2.24) is 4.90 Å². The summed E-state index contributed by atoms with van der Waals surface area (Å²) in [5, 5.41) is 8.39. The van der Waals surface area contributed by atoms with Crippen molar-refractivity contribution < 1.29 is 22.0 Å². The van der Waals surface area contributed by atoms with Gasteiger partial charge in [-0.15, -0.1) is 0 Å². The highest BCUT2D eigenvalue weighted by atomic mass is 35.5. The maximum absolute atomic E-state index is 8.39. The number of nitrogens with zero attached hydrogens (tertiary/aromatic N) is 2. The first-order valence-corrected chi connectivity index (χ1v) is 5.54. The van der Waals surface area contributed by atoms with Crippen molar-refractivity contribution in [2.45, 2.75) is 20.8 Å². The highest BCUT2D eigenvalue weighted by Crippen LogP contribution is 1.84. The smallest absolute Gasteiger partial charge is 0.101 e. The molecule has 0 saturated carbocycles. The van der Waals surface area contributed by atoms with Gasteiger partial charge in [0, 0.05) is 0 Å². The Hall–Kier alpha value is 0.170. The van der Waals surface area contributed by atoms with Gasteiger partial charge in [0.25, 0.3) is 0 Å². The fourth-order valence-corrected chi connectivity index (χ4v) is 0.971. The van der Waals surface area contributed by atoms with E-state index in [0.717, 1.165) is 11.0 Å². The Morgan fingerprint density at radius 2 is 1.27 bits per heavy atom. The standard InChI is InChI=1S/C6H15N.C5H14NO.ClH/c1-4-7(5-2)6-3;1-6(2,3)4-5-7;/h4-6H2,1-3H3;7H,4-5H2,1-3H3;1H/q;+1;/p-1. The first-order valence-electron chi connectivity index (χ1n) is 5.54. The van der Waals surface area contributed by atoms with Crippen LogP contribution in [0.3, 0.4) is 0 Å². The second-order valence-electron chi connectivity index (χ2n) is 4.36. The van der Waals surface area contributed by atoms with E-state index in [2.05, 4.69) is 46.8 Å². The fourth-order valence-electron chi connectivity index (χ4n) is 0.971. The van der Waals surface area contributed by atoms with Crippen LogP contribution in [0.15, 0.2) is 0 Å². The summed E-state index contributed by atoms with van der Waals surface area (Å²) in [5.41, 5.74) is 0. The van der Waals surface area contributed by atoms with Crippen molar-refractivity contribution in [3.63, 3.8) is 0 Å². The number of halogens is 1. The molecule has 0 rings (SSSR count). The second-order valence-corrected chi connectivity index (χ2v) is 4.36. The molecule has 0 fully saturated rings. The minimum absolute atomic E-state index is 0. The van der Waals surface area contributed by atoms with Crippen LogP contribution in [0.2, 0.25) is 0 Å². The van der Waals surface area contributed by atoms with Gasteiger partial charge in [0.1, 0.15) is 6.54 Å². The maximum atomic E-state index is 8.39. The molecule has 0 aromatic rings. The summed E-state index contributed by atoms with van der Waals surface area (Å²) in [6.45, 7) is 11.2. The van der Waals surface area contributed by atoms with E-state index in [9.17, 15) is 0 Å². The van der Waals surface area contributed by atoms with Gasteiger partial charge in [0.05, 0.1) is 27.7 Å². The Morgan fingerprint density at radius 3 is 1.27 bits per heavy atom. The molecule has 1 N–H and O–H groups in total. The zero-order valence-corrected chi connectivity index (χ0v) is 12.0. The van der Waals surface area contributed by atoms with Crippen LogP contribution in [0.25, 0.3) is 0 Å². The Labute approximate surface area is 102 Å². The lowest BCUT2D eigenvalue weighted by molar-refractivity contribution is -0.870. The molecule has 0 unspecified atom stereocenters. The average Bonchev–Trinajstić information content (AvgIpc) is 2.06. The van der Waals surface area contributed by atoms with Crippen molar-refractivity contribution in [2.75, 3.05) is 53.9 Å². The van der Waals surface area contributed by atoms with E-state index in [4.69, 9.17) is 5.11 Å². The summed E-state index contributed by atoms with van der Waals surface area (Å²) in [5.74, 6) is 0. The molecule has 0 heterocycles.